The molecule has 2 rings (SSSR count). The minimum absolute atomic E-state index is 0.697. The Labute approximate surface area is 84.2 Å². The van der Waals surface area contributed by atoms with Crippen LogP contribution < -0.4 is 5.32 Å². The fourth-order valence-corrected chi connectivity index (χ4v) is 3.22. The molecule has 0 amide bonds. The van der Waals surface area contributed by atoms with E-state index in [1.54, 1.807) is 4.88 Å². The molecule has 0 spiro atoms. The summed E-state index contributed by atoms with van der Waals surface area (Å²) in [6.07, 6.45) is 2.69. The number of thiophene rings is 1. The minimum atomic E-state index is 0.697. The Balaban J connectivity index is 2.12. The van der Waals surface area contributed by atoms with Crippen molar-refractivity contribution >= 4 is 11.3 Å². The molecule has 1 saturated heterocycles. The van der Waals surface area contributed by atoms with Gasteiger partial charge in [-0.25, -0.2) is 0 Å². The molecule has 1 N–H and O–H groups in total. The third kappa shape index (κ3) is 1.79. The molecule has 1 aromatic heterocycles. The normalized spacial score (nSPS) is 24.9. The highest BCUT2D eigenvalue weighted by atomic mass is 32.1. The zero-order valence-corrected chi connectivity index (χ0v) is 9.16. The van der Waals surface area contributed by atoms with Gasteiger partial charge >= 0.3 is 0 Å². The van der Waals surface area contributed by atoms with Crippen LogP contribution in [-0.2, 0) is 0 Å². The first-order chi connectivity index (χ1) is 6.29. The summed E-state index contributed by atoms with van der Waals surface area (Å²) in [5, 5.41) is 5.78. The Morgan fingerprint density at radius 3 is 3.00 bits per heavy atom. The van der Waals surface area contributed by atoms with Crippen molar-refractivity contribution in [2.24, 2.45) is 0 Å². The minimum Gasteiger partial charge on any atom is -0.313 e. The van der Waals surface area contributed by atoms with Crippen molar-refractivity contribution in [1.29, 1.82) is 0 Å². The van der Waals surface area contributed by atoms with E-state index in [4.69, 9.17) is 0 Å². The molecule has 0 bridgehead atoms. The van der Waals surface area contributed by atoms with Crippen molar-refractivity contribution in [3.8, 4) is 0 Å². The van der Waals surface area contributed by atoms with Gasteiger partial charge in [-0.1, -0.05) is 6.92 Å². The van der Waals surface area contributed by atoms with Crippen LogP contribution in [0.15, 0.2) is 11.4 Å². The summed E-state index contributed by atoms with van der Waals surface area (Å²) >= 11 is 1.90. The van der Waals surface area contributed by atoms with E-state index < -0.39 is 0 Å². The van der Waals surface area contributed by atoms with E-state index in [0.29, 0.717) is 5.92 Å². The maximum Gasteiger partial charge on any atom is 0.0142 e. The molecule has 0 aromatic carbocycles. The summed E-state index contributed by atoms with van der Waals surface area (Å²) in [7, 11) is 0. The Morgan fingerprint density at radius 2 is 2.46 bits per heavy atom. The monoisotopic (exact) mass is 195 g/mol. The average molecular weight is 195 g/mol. The summed E-state index contributed by atoms with van der Waals surface area (Å²) in [6.45, 7) is 5.78. The van der Waals surface area contributed by atoms with Gasteiger partial charge in [-0.2, -0.15) is 0 Å². The smallest absolute Gasteiger partial charge is 0.0142 e. The summed E-state index contributed by atoms with van der Waals surface area (Å²) in [6, 6.07) is 2.95. The molecule has 1 aliphatic heterocycles. The van der Waals surface area contributed by atoms with Crippen molar-refractivity contribution in [3.63, 3.8) is 0 Å². The average Bonchev–Trinajstić information content (AvgIpc) is 2.72. The molecule has 2 heterocycles. The molecule has 1 aliphatic rings. The molecule has 1 nitrogen and oxygen atoms in total. The van der Waals surface area contributed by atoms with E-state index in [1.807, 2.05) is 11.3 Å². The van der Waals surface area contributed by atoms with E-state index in [0.717, 1.165) is 6.04 Å². The largest absolute Gasteiger partial charge is 0.313 e. The van der Waals surface area contributed by atoms with Crippen LogP contribution in [-0.4, -0.2) is 12.6 Å². The standard InChI is InChI=1S/C11H17NS/c1-8-5-7-13-11(8)9(2)10-4-3-6-12-10/h5,7,9-10,12H,3-4,6H2,1-2H3. The Kier molecular flexibility index (Phi) is 2.70. The quantitative estimate of drug-likeness (QED) is 0.765. The van der Waals surface area contributed by atoms with Crippen LogP contribution in [0.5, 0.6) is 0 Å². The maximum absolute atomic E-state index is 3.58. The molecular weight excluding hydrogens is 178 g/mol. The van der Waals surface area contributed by atoms with Gasteiger partial charge in [0.05, 0.1) is 0 Å². The van der Waals surface area contributed by atoms with Crippen LogP contribution in [0.1, 0.15) is 36.1 Å². The fraction of sp³-hybridized carbons (Fsp3) is 0.636. The number of hydrogen-bond donors (Lipinski definition) is 1. The SMILES string of the molecule is Cc1ccsc1C(C)C1CCCN1. The van der Waals surface area contributed by atoms with E-state index in [-0.39, 0.29) is 0 Å². The maximum atomic E-state index is 3.58. The van der Waals surface area contributed by atoms with Crippen molar-refractivity contribution < 1.29 is 0 Å². The van der Waals surface area contributed by atoms with Crippen LogP contribution in [0.2, 0.25) is 0 Å². The first kappa shape index (κ1) is 9.22. The number of hydrogen-bond acceptors (Lipinski definition) is 2. The number of rotatable bonds is 2. The van der Waals surface area contributed by atoms with Crippen LogP contribution in [0.3, 0.4) is 0 Å². The van der Waals surface area contributed by atoms with Gasteiger partial charge in [0.1, 0.15) is 0 Å². The zero-order chi connectivity index (χ0) is 9.26. The Morgan fingerprint density at radius 1 is 1.62 bits per heavy atom. The van der Waals surface area contributed by atoms with Gasteiger partial charge in [0.15, 0.2) is 0 Å². The predicted octanol–water partition coefficient (Wildman–Crippen LogP) is 2.91. The molecule has 2 atom stereocenters. The zero-order valence-electron chi connectivity index (χ0n) is 8.34. The third-order valence-corrected chi connectivity index (χ3v) is 4.24. The van der Waals surface area contributed by atoms with Crippen molar-refractivity contribution in [3.05, 3.63) is 21.9 Å². The van der Waals surface area contributed by atoms with E-state index >= 15 is 0 Å². The van der Waals surface area contributed by atoms with Crippen LogP contribution in [0, 0.1) is 6.92 Å². The lowest BCUT2D eigenvalue weighted by atomic mass is 9.97. The van der Waals surface area contributed by atoms with Gasteiger partial charge in [-0.05, 0) is 43.3 Å². The molecule has 0 radical (unpaired) electrons. The van der Waals surface area contributed by atoms with E-state index in [1.165, 1.54) is 24.9 Å². The predicted molar refractivity (Wildman–Crippen MR) is 58.5 cm³/mol. The first-order valence-electron chi connectivity index (χ1n) is 5.06. The van der Waals surface area contributed by atoms with Crippen LogP contribution >= 0.6 is 11.3 Å². The second-order valence-corrected chi connectivity index (χ2v) is 4.91. The Hall–Kier alpha value is -0.340. The van der Waals surface area contributed by atoms with Gasteiger partial charge in [0, 0.05) is 16.8 Å². The second kappa shape index (κ2) is 3.81. The van der Waals surface area contributed by atoms with Crippen molar-refractivity contribution in [1.82, 2.24) is 5.32 Å². The first-order valence-corrected chi connectivity index (χ1v) is 5.94. The van der Waals surface area contributed by atoms with Gasteiger partial charge in [0.25, 0.3) is 0 Å². The lowest BCUT2D eigenvalue weighted by Crippen LogP contribution is -2.26. The van der Waals surface area contributed by atoms with Gasteiger partial charge in [-0.3, -0.25) is 0 Å². The van der Waals surface area contributed by atoms with Crippen LogP contribution in [0.25, 0.3) is 0 Å². The van der Waals surface area contributed by atoms with E-state index in [9.17, 15) is 0 Å². The Bertz CT molecular complexity index is 273. The van der Waals surface area contributed by atoms with Gasteiger partial charge in [-0.15, -0.1) is 11.3 Å². The number of nitrogens with one attached hydrogen (secondary N) is 1. The topological polar surface area (TPSA) is 12.0 Å². The van der Waals surface area contributed by atoms with E-state index in [2.05, 4.69) is 30.6 Å². The van der Waals surface area contributed by atoms with Gasteiger partial charge in [0.2, 0.25) is 0 Å². The summed E-state index contributed by atoms with van der Waals surface area (Å²) in [4.78, 5) is 1.57. The molecule has 13 heavy (non-hydrogen) atoms. The van der Waals surface area contributed by atoms with Crippen molar-refractivity contribution in [2.75, 3.05) is 6.54 Å². The fourth-order valence-electron chi connectivity index (χ4n) is 2.17. The van der Waals surface area contributed by atoms with Gasteiger partial charge < -0.3 is 5.32 Å². The number of aryl methyl sites for hydroxylation is 1. The molecule has 1 aromatic rings. The molecule has 0 saturated carbocycles. The summed E-state index contributed by atoms with van der Waals surface area (Å²) < 4.78 is 0. The van der Waals surface area contributed by atoms with Crippen LogP contribution in [0.4, 0.5) is 0 Å². The molecular formula is C11H17NS. The summed E-state index contributed by atoms with van der Waals surface area (Å²) in [5.74, 6) is 0.697. The molecule has 2 unspecified atom stereocenters. The third-order valence-electron chi connectivity index (χ3n) is 3.02. The highest BCUT2D eigenvalue weighted by Crippen LogP contribution is 2.30. The highest BCUT2D eigenvalue weighted by Gasteiger charge is 2.23. The molecule has 72 valence electrons. The lowest BCUT2D eigenvalue weighted by Gasteiger charge is -2.18. The summed E-state index contributed by atoms with van der Waals surface area (Å²) in [5.41, 5.74) is 1.46. The second-order valence-electron chi connectivity index (χ2n) is 3.96. The van der Waals surface area contributed by atoms with Crippen molar-refractivity contribution in [2.45, 2.75) is 38.6 Å². The molecule has 2 heteroatoms. The highest BCUT2D eigenvalue weighted by molar-refractivity contribution is 7.10. The molecule has 0 aliphatic carbocycles. The molecule has 1 fully saturated rings. The lowest BCUT2D eigenvalue weighted by molar-refractivity contribution is 0.522.